The summed E-state index contributed by atoms with van der Waals surface area (Å²) in [5.74, 6) is 0.275. The third kappa shape index (κ3) is 3.55. The fourth-order valence-corrected chi connectivity index (χ4v) is 3.43. The van der Waals surface area contributed by atoms with Crippen molar-refractivity contribution in [2.45, 2.75) is 25.7 Å². The van der Waals surface area contributed by atoms with E-state index < -0.39 is 0 Å². The fraction of sp³-hybridized carbons (Fsp3) is 0.867. The van der Waals surface area contributed by atoms with Gasteiger partial charge in [-0.1, -0.05) is 0 Å². The number of hydrogen-bond acceptors (Lipinski definition) is 4. The van der Waals surface area contributed by atoms with E-state index in [2.05, 4.69) is 0 Å². The van der Waals surface area contributed by atoms with E-state index in [9.17, 15) is 9.59 Å². The fourth-order valence-electron chi connectivity index (χ4n) is 3.43. The summed E-state index contributed by atoms with van der Waals surface area (Å²) < 4.78 is 9.98. The van der Waals surface area contributed by atoms with E-state index >= 15 is 0 Å². The molecule has 2 heterocycles. The third-order valence-electron chi connectivity index (χ3n) is 4.73. The Labute approximate surface area is 126 Å². The van der Waals surface area contributed by atoms with Gasteiger partial charge >= 0.3 is 0 Å². The molecule has 1 atom stereocenters. The number of hydrogen-bond donors (Lipinski definition) is 0. The van der Waals surface area contributed by atoms with Gasteiger partial charge < -0.3 is 19.3 Å². The lowest BCUT2D eigenvalue weighted by molar-refractivity contribution is -0.138. The number of likely N-dealkylation sites (tertiary alicyclic amines) is 2. The van der Waals surface area contributed by atoms with Crippen LogP contribution >= 0.6 is 0 Å². The van der Waals surface area contributed by atoms with Crippen LogP contribution in [0, 0.1) is 5.41 Å². The summed E-state index contributed by atoms with van der Waals surface area (Å²) in [5, 5.41) is 0. The summed E-state index contributed by atoms with van der Waals surface area (Å²) in [7, 11) is 3.19. The Bertz CT molecular complexity index is 388. The summed E-state index contributed by atoms with van der Waals surface area (Å²) in [6.45, 7) is 3.58. The average molecular weight is 298 g/mol. The topological polar surface area (TPSA) is 59.1 Å². The van der Waals surface area contributed by atoms with Gasteiger partial charge in [-0.25, -0.2) is 0 Å². The van der Waals surface area contributed by atoms with Gasteiger partial charge in [-0.3, -0.25) is 9.59 Å². The van der Waals surface area contributed by atoms with Crippen LogP contribution in [-0.4, -0.2) is 75.2 Å². The predicted octanol–water partition coefficient (Wildman–Crippen LogP) is 0.510. The molecule has 120 valence electrons. The first-order valence-electron chi connectivity index (χ1n) is 7.68. The first-order chi connectivity index (χ1) is 10.1. The molecule has 0 aromatic rings. The van der Waals surface area contributed by atoms with Crippen molar-refractivity contribution in [3.63, 3.8) is 0 Å². The number of nitrogens with zero attached hydrogens (tertiary/aromatic N) is 2. The van der Waals surface area contributed by atoms with Crippen LogP contribution in [0.5, 0.6) is 0 Å². The van der Waals surface area contributed by atoms with Crippen molar-refractivity contribution in [1.82, 2.24) is 9.80 Å². The minimum absolute atomic E-state index is 0.0243. The number of rotatable bonds is 5. The number of ether oxygens (including phenoxy) is 2. The molecule has 0 aromatic carbocycles. The lowest BCUT2D eigenvalue weighted by atomic mass is 9.79. The molecule has 0 N–H and O–H groups in total. The molecule has 0 aromatic heterocycles. The summed E-state index contributed by atoms with van der Waals surface area (Å²) in [6, 6.07) is 0. The van der Waals surface area contributed by atoms with Crippen LogP contribution in [0.3, 0.4) is 0 Å². The number of carbonyl (C=O) groups is 2. The van der Waals surface area contributed by atoms with Crippen LogP contribution in [-0.2, 0) is 19.1 Å². The average Bonchev–Trinajstić information content (AvgIpc) is 2.66. The van der Waals surface area contributed by atoms with Crippen LogP contribution < -0.4 is 0 Å². The van der Waals surface area contributed by atoms with Gasteiger partial charge in [-0.05, 0) is 25.7 Å². The molecule has 2 aliphatic heterocycles. The lowest BCUT2D eigenvalue weighted by Crippen LogP contribution is -2.38. The second kappa shape index (κ2) is 7.22. The molecule has 0 bridgehead atoms. The molecule has 2 aliphatic rings. The molecule has 0 unspecified atom stereocenters. The zero-order valence-corrected chi connectivity index (χ0v) is 13.1. The molecule has 6 heteroatoms. The normalized spacial score (nSPS) is 26.5. The van der Waals surface area contributed by atoms with Crippen molar-refractivity contribution in [3.05, 3.63) is 0 Å². The lowest BCUT2D eigenvalue weighted by Gasteiger charge is -2.26. The molecule has 0 radical (unpaired) electrons. The van der Waals surface area contributed by atoms with E-state index in [4.69, 9.17) is 9.47 Å². The Morgan fingerprint density at radius 1 is 1.14 bits per heavy atom. The van der Waals surface area contributed by atoms with E-state index in [-0.39, 0.29) is 23.8 Å². The van der Waals surface area contributed by atoms with Gasteiger partial charge in [0.1, 0.15) is 6.61 Å². The maximum absolute atomic E-state index is 12.7. The quantitative estimate of drug-likeness (QED) is 0.742. The van der Waals surface area contributed by atoms with Crippen LogP contribution in [0.4, 0.5) is 0 Å². The number of methoxy groups -OCH3 is 2. The van der Waals surface area contributed by atoms with Crippen molar-refractivity contribution >= 4 is 11.8 Å². The highest BCUT2D eigenvalue weighted by Crippen LogP contribution is 2.41. The summed E-state index contributed by atoms with van der Waals surface area (Å²) in [5.41, 5.74) is -0.254. The summed E-state index contributed by atoms with van der Waals surface area (Å²) in [6.07, 6.45) is 3.44. The third-order valence-corrected chi connectivity index (χ3v) is 4.73. The van der Waals surface area contributed by atoms with Gasteiger partial charge in [0.05, 0.1) is 12.0 Å². The monoisotopic (exact) mass is 298 g/mol. The van der Waals surface area contributed by atoms with Crippen LogP contribution in [0.2, 0.25) is 0 Å². The van der Waals surface area contributed by atoms with E-state index in [0.29, 0.717) is 19.7 Å². The minimum atomic E-state index is -0.254. The highest BCUT2D eigenvalue weighted by atomic mass is 16.5. The van der Waals surface area contributed by atoms with E-state index in [1.165, 1.54) is 7.11 Å². The minimum Gasteiger partial charge on any atom is -0.383 e. The molecular formula is C15H26N2O4. The summed E-state index contributed by atoms with van der Waals surface area (Å²) in [4.78, 5) is 28.4. The van der Waals surface area contributed by atoms with Crippen LogP contribution in [0.1, 0.15) is 25.7 Å². The van der Waals surface area contributed by atoms with Gasteiger partial charge in [0, 0.05) is 40.4 Å². The first kappa shape index (κ1) is 16.2. The molecule has 1 spiro atoms. The van der Waals surface area contributed by atoms with E-state index in [0.717, 1.165) is 38.8 Å². The Morgan fingerprint density at radius 3 is 2.62 bits per heavy atom. The molecule has 2 rings (SSSR count). The molecule has 2 saturated heterocycles. The second-order valence-corrected chi connectivity index (χ2v) is 5.98. The molecule has 2 fully saturated rings. The Balaban J connectivity index is 1.96. The molecule has 0 saturated carbocycles. The standard InChI is InChI=1S/C15H26N2O4/c1-20-11-10-17-9-6-15(14(17)19)4-3-7-16(8-5-15)13(18)12-21-2/h3-12H2,1-2H3/t15-/m1/s1. The van der Waals surface area contributed by atoms with Gasteiger partial charge in [-0.15, -0.1) is 0 Å². The number of amides is 2. The first-order valence-corrected chi connectivity index (χ1v) is 7.68. The Kier molecular flexibility index (Phi) is 5.58. The maximum Gasteiger partial charge on any atom is 0.248 e. The SMILES string of the molecule is COCCN1CC[C@]2(CCCN(C(=O)COC)CC2)C1=O. The molecule has 21 heavy (non-hydrogen) atoms. The maximum atomic E-state index is 12.7. The van der Waals surface area contributed by atoms with Gasteiger partial charge in [-0.2, -0.15) is 0 Å². The molecule has 6 nitrogen and oxygen atoms in total. The van der Waals surface area contributed by atoms with Crippen molar-refractivity contribution in [2.75, 3.05) is 53.6 Å². The molecule has 0 aliphatic carbocycles. The molecule has 2 amide bonds. The Hall–Kier alpha value is -1.14. The van der Waals surface area contributed by atoms with E-state index in [1.54, 1.807) is 7.11 Å². The predicted molar refractivity (Wildman–Crippen MR) is 77.8 cm³/mol. The smallest absolute Gasteiger partial charge is 0.248 e. The number of carbonyl (C=O) groups excluding carboxylic acids is 2. The zero-order valence-electron chi connectivity index (χ0n) is 13.1. The van der Waals surface area contributed by atoms with Crippen LogP contribution in [0.25, 0.3) is 0 Å². The van der Waals surface area contributed by atoms with Crippen molar-refractivity contribution in [2.24, 2.45) is 5.41 Å². The highest BCUT2D eigenvalue weighted by Gasteiger charge is 2.46. The summed E-state index contributed by atoms with van der Waals surface area (Å²) >= 11 is 0. The van der Waals surface area contributed by atoms with Gasteiger partial charge in [0.15, 0.2) is 0 Å². The van der Waals surface area contributed by atoms with Crippen molar-refractivity contribution in [1.29, 1.82) is 0 Å². The largest absolute Gasteiger partial charge is 0.383 e. The second-order valence-electron chi connectivity index (χ2n) is 5.98. The van der Waals surface area contributed by atoms with Gasteiger partial charge in [0.2, 0.25) is 11.8 Å². The zero-order chi connectivity index (χ0) is 15.3. The van der Waals surface area contributed by atoms with Crippen LogP contribution in [0.15, 0.2) is 0 Å². The van der Waals surface area contributed by atoms with Crippen molar-refractivity contribution in [3.8, 4) is 0 Å². The van der Waals surface area contributed by atoms with Gasteiger partial charge in [0.25, 0.3) is 0 Å². The Morgan fingerprint density at radius 2 is 1.90 bits per heavy atom. The highest BCUT2D eigenvalue weighted by molar-refractivity contribution is 5.85. The van der Waals surface area contributed by atoms with E-state index in [1.807, 2.05) is 9.80 Å². The van der Waals surface area contributed by atoms with Crippen molar-refractivity contribution < 1.29 is 19.1 Å². The molecular weight excluding hydrogens is 272 g/mol.